The lowest BCUT2D eigenvalue weighted by Gasteiger charge is -2.20. The zero-order valence-electron chi connectivity index (χ0n) is 9.16. The Morgan fingerprint density at radius 3 is 2.94 bits per heavy atom. The third kappa shape index (κ3) is 2.38. The van der Waals surface area contributed by atoms with E-state index in [0.29, 0.717) is 17.8 Å². The van der Waals surface area contributed by atoms with Crippen molar-refractivity contribution in [3.05, 3.63) is 21.7 Å². The fraction of sp³-hybridized carbons (Fsp3) is 0.600. The molecule has 88 valence electrons. The first-order chi connectivity index (χ1) is 7.72. The highest BCUT2D eigenvalue weighted by Crippen LogP contribution is 2.34. The van der Waals surface area contributed by atoms with Crippen LogP contribution >= 0.6 is 23.5 Å². The van der Waals surface area contributed by atoms with Gasteiger partial charge < -0.3 is 10.7 Å². The van der Waals surface area contributed by atoms with Gasteiger partial charge in [0, 0.05) is 17.3 Å². The summed E-state index contributed by atoms with van der Waals surface area (Å²) in [4.78, 5) is 18.9. The number of nitrogen functional groups attached to an aromatic ring is 1. The van der Waals surface area contributed by atoms with Gasteiger partial charge in [-0.3, -0.25) is 4.79 Å². The molecule has 1 unspecified atom stereocenters. The van der Waals surface area contributed by atoms with E-state index in [9.17, 15) is 4.79 Å². The van der Waals surface area contributed by atoms with Gasteiger partial charge in [0.15, 0.2) is 0 Å². The van der Waals surface area contributed by atoms with E-state index >= 15 is 0 Å². The van der Waals surface area contributed by atoms with E-state index in [0.717, 1.165) is 17.3 Å². The van der Waals surface area contributed by atoms with Crippen LogP contribution in [0.1, 0.15) is 23.6 Å². The summed E-state index contributed by atoms with van der Waals surface area (Å²) in [5.74, 6) is 4.40. The molecule has 0 bridgehead atoms. The smallest absolute Gasteiger partial charge is 0.256 e. The number of thioether (sulfide) groups is 2. The summed E-state index contributed by atoms with van der Waals surface area (Å²) in [6.45, 7) is 1.91. The molecule has 1 aromatic rings. The molecule has 6 heteroatoms. The summed E-state index contributed by atoms with van der Waals surface area (Å²) in [7, 11) is 0. The number of nitrogens with two attached hydrogens (primary N) is 1. The van der Waals surface area contributed by atoms with E-state index in [4.69, 9.17) is 5.73 Å². The monoisotopic (exact) mass is 257 g/mol. The van der Waals surface area contributed by atoms with Gasteiger partial charge in [-0.2, -0.15) is 11.8 Å². The number of nitrogens with one attached hydrogen (secondary N) is 1. The molecule has 4 nitrogen and oxygen atoms in total. The summed E-state index contributed by atoms with van der Waals surface area (Å²) in [6, 6.07) is 0. The number of anilines is 1. The number of H-pyrrole nitrogens is 1. The van der Waals surface area contributed by atoms with Gasteiger partial charge in [0.2, 0.25) is 0 Å². The predicted molar refractivity (Wildman–Crippen MR) is 71.2 cm³/mol. The second kappa shape index (κ2) is 5.14. The van der Waals surface area contributed by atoms with Crippen LogP contribution in [-0.4, -0.2) is 27.2 Å². The highest BCUT2D eigenvalue weighted by molar-refractivity contribution is 8.06. The Bertz CT molecular complexity index is 427. The van der Waals surface area contributed by atoms with Gasteiger partial charge in [0.1, 0.15) is 11.6 Å². The van der Waals surface area contributed by atoms with Gasteiger partial charge in [-0.1, -0.05) is 6.92 Å². The number of aromatic nitrogens is 2. The standard InChI is InChI=1S/C10H15N3OS2/c1-2-6-8(11)12-9(13-10(6)14)7-5-15-3-4-16-7/h7H,2-5H2,1H3,(H3,11,12,13,14). The van der Waals surface area contributed by atoms with Gasteiger partial charge in [-0.25, -0.2) is 4.98 Å². The molecule has 0 aliphatic carbocycles. The van der Waals surface area contributed by atoms with E-state index in [1.807, 2.05) is 30.4 Å². The predicted octanol–water partition coefficient (Wildman–Crippen LogP) is 1.44. The number of aromatic amines is 1. The van der Waals surface area contributed by atoms with Crippen LogP contribution in [0.25, 0.3) is 0 Å². The van der Waals surface area contributed by atoms with E-state index in [-0.39, 0.29) is 10.8 Å². The molecule has 2 rings (SSSR count). The third-order valence-electron chi connectivity index (χ3n) is 2.54. The molecule has 0 amide bonds. The Hall–Kier alpha value is -0.620. The average Bonchev–Trinajstić information content (AvgIpc) is 2.30. The van der Waals surface area contributed by atoms with Crippen molar-refractivity contribution in [2.75, 3.05) is 23.0 Å². The molecule has 0 radical (unpaired) electrons. The first kappa shape index (κ1) is 11.9. The molecule has 1 aliphatic heterocycles. The van der Waals surface area contributed by atoms with Crippen molar-refractivity contribution in [3.63, 3.8) is 0 Å². The van der Waals surface area contributed by atoms with Gasteiger partial charge in [0.25, 0.3) is 5.56 Å². The first-order valence-electron chi connectivity index (χ1n) is 5.30. The Kier molecular flexibility index (Phi) is 3.81. The molecular formula is C10H15N3OS2. The molecule has 0 spiro atoms. The van der Waals surface area contributed by atoms with Gasteiger partial charge in [-0.15, -0.1) is 11.8 Å². The molecule has 1 aliphatic rings. The van der Waals surface area contributed by atoms with Crippen molar-refractivity contribution in [1.82, 2.24) is 9.97 Å². The maximum atomic E-state index is 11.7. The summed E-state index contributed by atoms with van der Waals surface area (Å²) < 4.78 is 0. The van der Waals surface area contributed by atoms with E-state index in [2.05, 4.69) is 9.97 Å². The van der Waals surface area contributed by atoms with Crippen LogP contribution in [0.5, 0.6) is 0 Å². The second-order valence-corrected chi connectivity index (χ2v) is 6.06. The summed E-state index contributed by atoms with van der Waals surface area (Å²) >= 11 is 3.73. The average molecular weight is 257 g/mol. The number of nitrogens with zero attached hydrogens (tertiary/aromatic N) is 1. The maximum Gasteiger partial charge on any atom is 0.256 e. The second-order valence-electron chi connectivity index (χ2n) is 3.60. The normalized spacial score (nSPS) is 20.9. The third-order valence-corrected chi connectivity index (χ3v) is 5.30. The highest BCUT2D eigenvalue weighted by Gasteiger charge is 2.20. The van der Waals surface area contributed by atoms with Crippen LogP contribution < -0.4 is 11.3 Å². The fourth-order valence-electron chi connectivity index (χ4n) is 1.67. The van der Waals surface area contributed by atoms with Crippen LogP contribution in [0.15, 0.2) is 4.79 Å². The Labute approximate surface area is 103 Å². The summed E-state index contributed by atoms with van der Waals surface area (Å²) in [6.07, 6.45) is 0.626. The molecule has 1 fully saturated rings. The zero-order chi connectivity index (χ0) is 11.5. The van der Waals surface area contributed by atoms with E-state index in [1.165, 1.54) is 5.75 Å². The van der Waals surface area contributed by atoms with Crippen LogP contribution in [0.2, 0.25) is 0 Å². The van der Waals surface area contributed by atoms with Crippen LogP contribution in [0, 0.1) is 0 Å². The molecule has 2 heterocycles. The molecule has 0 saturated carbocycles. The van der Waals surface area contributed by atoms with Crippen molar-refractivity contribution in [3.8, 4) is 0 Å². The molecule has 1 aromatic heterocycles. The Morgan fingerprint density at radius 1 is 1.56 bits per heavy atom. The van der Waals surface area contributed by atoms with Crippen molar-refractivity contribution < 1.29 is 0 Å². The Morgan fingerprint density at radius 2 is 2.38 bits per heavy atom. The van der Waals surface area contributed by atoms with Gasteiger partial charge in [-0.05, 0) is 6.42 Å². The molecule has 0 aromatic carbocycles. The van der Waals surface area contributed by atoms with Gasteiger partial charge in [0.05, 0.1) is 10.8 Å². The molecular weight excluding hydrogens is 242 g/mol. The van der Waals surface area contributed by atoms with Crippen molar-refractivity contribution >= 4 is 29.3 Å². The molecule has 16 heavy (non-hydrogen) atoms. The lowest BCUT2D eigenvalue weighted by Crippen LogP contribution is -2.22. The zero-order valence-corrected chi connectivity index (χ0v) is 10.8. The van der Waals surface area contributed by atoms with Crippen LogP contribution in [0.3, 0.4) is 0 Å². The first-order valence-corrected chi connectivity index (χ1v) is 7.50. The molecule has 3 N–H and O–H groups in total. The lowest BCUT2D eigenvalue weighted by atomic mass is 10.2. The topological polar surface area (TPSA) is 71.8 Å². The number of hydrogen-bond donors (Lipinski definition) is 2. The number of rotatable bonds is 2. The molecule has 1 saturated heterocycles. The highest BCUT2D eigenvalue weighted by atomic mass is 32.2. The van der Waals surface area contributed by atoms with Crippen molar-refractivity contribution in [1.29, 1.82) is 0 Å². The summed E-state index contributed by atoms with van der Waals surface area (Å²) in [5.41, 5.74) is 6.30. The SMILES string of the molecule is CCc1c(N)nc(C2CSCCS2)[nH]c1=O. The van der Waals surface area contributed by atoms with Gasteiger partial charge >= 0.3 is 0 Å². The van der Waals surface area contributed by atoms with Crippen LogP contribution in [0.4, 0.5) is 5.82 Å². The largest absolute Gasteiger partial charge is 0.383 e. The molecule has 1 atom stereocenters. The quantitative estimate of drug-likeness (QED) is 0.838. The van der Waals surface area contributed by atoms with E-state index in [1.54, 1.807) is 0 Å². The minimum Gasteiger partial charge on any atom is -0.383 e. The summed E-state index contributed by atoms with van der Waals surface area (Å²) in [5, 5.41) is 0.277. The van der Waals surface area contributed by atoms with Crippen LogP contribution in [-0.2, 0) is 6.42 Å². The maximum absolute atomic E-state index is 11.7. The van der Waals surface area contributed by atoms with E-state index < -0.39 is 0 Å². The van der Waals surface area contributed by atoms with Crippen molar-refractivity contribution in [2.24, 2.45) is 0 Å². The Balaban J connectivity index is 2.31. The lowest BCUT2D eigenvalue weighted by molar-refractivity contribution is 0.886. The minimum atomic E-state index is -0.0822. The number of hydrogen-bond acceptors (Lipinski definition) is 5. The van der Waals surface area contributed by atoms with Crippen molar-refractivity contribution in [2.45, 2.75) is 18.6 Å². The fourth-order valence-corrected chi connectivity index (χ4v) is 4.30. The minimum absolute atomic E-state index is 0.0822.